The lowest BCUT2D eigenvalue weighted by Crippen LogP contribution is -2.11. The highest BCUT2D eigenvalue weighted by Crippen LogP contribution is 2.33. The van der Waals surface area contributed by atoms with E-state index in [9.17, 15) is 4.79 Å². The molecule has 31 heavy (non-hydrogen) atoms. The third kappa shape index (κ3) is 7.27. The molecule has 1 aliphatic rings. The lowest BCUT2D eigenvalue weighted by atomic mass is 9.83. The van der Waals surface area contributed by atoms with Crippen LogP contribution in [0.25, 0.3) is 16.7 Å². The van der Waals surface area contributed by atoms with Crippen LogP contribution < -0.4 is 4.74 Å². The van der Waals surface area contributed by atoms with Gasteiger partial charge in [-0.05, 0) is 66.0 Å². The number of ether oxygens (including phenoxy) is 2. The fourth-order valence-electron chi connectivity index (χ4n) is 4.11. The highest BCUT2D eigenvalue weighted by Gasteiger charge is 2.15. The summed E-state index contributed by atoms with van der Waals surface area (Å²) in [7, 11) is 0. The van der Waals surface area contributed by atoms with Gasteiger partial charge in [-0.3, -0.25) is 0 Å². The van der Waals surface area contributed by atoms with Crippen LogP contribution in [-0.2, 0) is 4.74 Å². The maximum atomic E-state index is 11.7. The largest absolute Gasteiger partial charge is 0.513 e. The van der Waals surface area contributed by atoms with Crippen LogP contribution >= 0.6 is 0 Å². The number of carbonyl (C=O) groups excluding carboxylic acids is 1. The molecular formula is C28H36O3. The smallest absolute Gasteiger partial charge is 0.434 e. The normalized spacial score (nSPS) is 15.9. The molecule has 166 valence electrons. The van der Waals surface area contributed by atoms with Crippen molar-refractivity contribution < 1.29 is 14.3 Å². The molecule has 0 N–H and O–H groups in total. The van der Waals surface area contributed by atoms with Crippen LogP contribution in [-0.4, -0.2) is 12.8 Å². The average molecular weight is 421 g/mol. The lowest BCUT2D eigenvalue weighted by molar-refractivity contribution is 0.0978. The van der Waals surface area contributed by atoms with E-state index < -0.39 is 6.16 Å². The Morgan fingerprint density at radius 2 is 1.52 bits per heavy atom. The number of allylic oxidation sites excluding steroid dienone is 2. The van der Waals surface area contributed by atoms with Crippen molar-refractivity contribution in [2.45, 2.75) is 71.6 Å². The molecule has 3 heteroatoms. The number of rotatable bonds is 10. The predicted octanol–water partition coefficient (Wildman–Crippen LogP) is 8.43. The van der Waals surface area contributed by atoms with Crippen LogP contribution in [0.15, 0.2) is 54.6 Å². The van der Waals surface area contributed by atoms with E-state index in [2.05, 4.69) is 44.2 Å². The first-order valence-electron chi connectivity index (χ1n) is 11.9. The van der Waals surface area contributed by atoms with Gasteiger partial charge in [0, 0.05) is 0 Å². The summed E-state index contributed by atoms with van der Waals surface area (Å²) in [5.41, 5.74) is 5.09. The summed E-state index contributed by atoms with van der Waals surface area (Å²) >= 11 is 0. The zero-order valence-electron chi connectivity index (χ0n) is 19.1. The summed E-state index contributed by atoms with van der Waals surface area (Å²) in [6.45, 7) is 4.72. The van der Waals surface area contributed by atoms with Crippen molar-refractivity contribution in [1.29, 1.82) is 0 Å². The summed E-state index contributed by atoms with van der Waals surface area (Å²) in [5.74, 6) is 1.38. The molecule has 0 radical (unpaired) electrons. The first-order chi connectivity index (χ1) is 15.2. The van der Waals surface area contributed by atoms with E-state index >= 15 is 0 Å². The molecule has 1 atom stereocenters. The van der Waals surface area contributed by atoms with Gasteiger partial charge < -0.3 is 9.47 Å². The summed E-state index contributed by atoms with van der Waals surface area (Å²) in [6, 6.07) is 16.4. The van der Waals surface area contributed by atoms with Crippen molar-refractivity contribution in [2.75, 3.05) is 6.61 Å². The van der Waals surface area contributed by atoms with E-state index in [1.54, 1.807) is 0 Å². The quantitative estimate of drug-likeness (QED) is 0.220. The predicted molar refractivity (Wildman–Crippen MR) is 128 cm³/mol. The van der Waals surface area contributed by atoms with Crippen LogP contribution in [0.2, 0.25) is 0 Å². The third-order valence-corrected chi connectivity index (χ3v) is 6.10. The van der Waals surface area contributed by atoms with Gasteiger partial charge in [-0.15, -0.1) is 0 Å². The van der Waals surface area contributed by atoms with Gasteiger partial charge >= 0.3 is 6.16 Å². The molecule has 0 aromatic heterocycles. The molecule has 0 saturated heterocycles. The highest BCUT2D eigenvalue weighted by molar-refractivity contribution is 5.71. The number of benzene rings is 2. The van der Waals surface area contributed by atoms with E-state index in [0.717, 1.165) is 29.9 Å². The first-order valence-corrected chi connectivity index (χ1v) is 11.9. The summed E-state index contributed by atoms with van der Waals surface area (Å²) < 4.78 is 10.3. The molecule has 0 spiro atoms. The fraction of sp³-hybridized carbons (Fsp3) is 0.464. The molecule has 3 rings (SSSR count). The Hall–Kier alpha value is -2.55. The van der Waals surface area contributed by atoms with Gasteiger partial charge in [0.05, 0.1) is 6.61 Å². The van der Waals surface area contributed by atoms with Crippen molar-refractivity contribution in [3.63, 3.8) is 0 Å². The Morgan fingerprint density at radius 1 is 0.871 bits per heavy atom. The molecule has 2 aromatic rings. The molecule has 0 aliphatic heterocycles. The molecule has 2 aromatic carbocycles. The average Bonchev–Trinajstić information content (AvgIpc) is 2.81. The zero-order valence-corrected chi connectivity index (χ0v) is 19.1. The van der Waals surface area contributed by atoms with E-state index in [-0.39, 0.29) is 0 Å². The van der Waals surface area contributed by atoms with E-state index in [1.807, 2.05) is 24.3 Å². The maximum Gasteiger partial charge on any atom is 0.513 e. The second-order valence-electron chi connectivity index (χ2n) is 8.52. The Labute approximate surface area is 187 Å². The van der Waals surface area contributed by atoms with Gasteiger partial charge in [0.1, 0.15) is 5.75 Å². The molecule has 0 saturated carbocycles. The Morgan fingerprint density at radius 3 is 2.13 bits per heavy atom. The Kier molecular flexibility index (Phi) is 9.20. The SMILES string of the molecule is CCCCCC1CC=C(c2ccc(-c3ccc(OC(=O)OCCCC)cc3)cc2)CC1. The van der Waals surface area contributed by atoms with Gasteiger partial charge in [0.2, 0.25) is 0 Å². The fourth-order valence-corrected chi connectivity index (χ4v) is 4.11. The zero-order chi connectivity index (χ0) is 21.9. The standard InChI is InChI=1S/C28H36O3/c1-3-5-7-8-22-9-11-23(12-10-22)24-13-15-25(16-14-24)26-17-19-27(20-18-26)31-28(29)30-21-6-4-2/h11,13-20,22H,3-10,12,21H2,1-2H3. The molecule has 0 amide bonds. The van der Waals surface area contributed by atoms with Gasteiger partial charge in [-0.2, -0.15) is 0 Å². The summed E-state index contributed by atoms with van der Waals surface area (Å²) in [5, 5.41) is 0. The molecule has 3 nitrogen and oxygen atoms in total. The van der Waals surface area contributed by atoms with E-state index in [0.29, 0.717) is 12.4 Å². The summed E-state index contributed by atoms with van der Waals surface area (Å²) in [4.78, 5) is 11.7. The third-order valence-electron chi connectivity index (χ3n) is 6.10. The second-order valence-corrected chi connectivity index (χ2v) is 8.52. The van der Waals surface area contributed by atoms with Gasteiger partial charge in [0.25, 0.3) is 0 Å². The first kappa shape index (κ1) is 23.1. The van der Waals surface area contributed by atoms with Gasteiger partial charge in [-0.25, -0.2) is 4.79 Å². The van der Waals surface area contributed by atoms with Crippen LogP contribution in [0.4, 0.5) is 4.79 Å². The second kappa shape index (κ2) is 12.3. The minimum atomic E-state index is -0.640. The van der Waals surface area contributed by atoms with Crippen molar-refractivity contribution in [3.8, 4) is 16.9 Å². The molecule has 0 heterocycles. The molecule has 0 bridgehead atoms. The van der Waals surface area contributed by atoms with Crippen LogP contribution in [0.3, 0.4) is 0 Å². The monoisotopic (exact) mass is 420 g/mol. The van der Waals surface area contributed by atoms with Crippen molar-refractivity contribution in [2.24, 2.45) is 5.92 Å². The maximum absolute atomic E-state index is 11.7. The molecule has 0 fully saturated rings. The van der Waals surface area contributed by atoms with Gasteiger partial charge in [0.15, 0.2) is 0 Å². The number of carbonyl (C=O) groups is 1. The Bertz CT molecular complexity index is 834. The number of hydrogen-bond acceptors (Lipinski definition) is 3. The highest BCUT2D eigenvalue weighted by atomic mass is 16.7. The lowest BCUT2D eigenvalue weighted by Gasteiger charge is -2.22. The van der Waals surface area contributed by atoms with Crippen LogP contribution in [0, 0.1) is 5.92 Å². The van der Waals surface area contributed by atoms with Crippen molar-refractivity contribution >= 4 is 11.7 Å². The molecule has 1 aliphatic carbocycles. The van der Waals surface area contributed by atoms with E-state index in [1.165, 1.54) is 56.1 Å². The molecule has 1 unspecified atom stereocenters. The molecular weight excluding hydrogens is 384 g/mol. The van der Waals surface area contributed by atoms with Gasteiger partial charge in [-0.1, -0.05) is 88.4 Å². The Balaban J connectivity index is 1.53. The van der Waals surface area contributed by atoms with E-state index in [4.69, 9.17) is 9.47 Å². The van der Waals surface area contributed by atoms with Crippen molar-refractivity contribution in [3.05, 3.63) is 60.2 Å². The van der Waals surface area contributed by atoms with Crippen molar-refractivity contribution in [1.82, 2.24) is 0 Å². The number of unbranched alkanes of at least 4 members (excludes halogenated alkanes) is 3. The van der Waals surface area contributed by atoms with Crippen LogP contribution in [0.1, 0.15) is 77.2 Å². The minimum absolute atomic E-state index is 0.399. The minimum Gasteiger partial charge on any atom is -0.434 e. The van der Waals surface area contributed by atoms with Crippen LogP contribution in [0.5, 0.6) is 5.75 Å². The topological polar surface area (TPSA) is 35.5 Å². The summed E-state index contributed by atoms with van der Waals surface area (Å²) in [6.07, 6.45) is 12.8. The number of hydrogen-bond donors (Lipinski definition) is 0.